The molecule has 25 heavy (non-hydrogen) atoms. The number of aromatic nitrogens is 2. The molecule has 2 fully saturated rings. The molecule has 2 atom stereocenters. The SMILES string of the molecule is Cc1c(CNC(=O)N2C[C@H]3CCCC[C@@]32c2ccccc2)cnn1C. The second kappa shape index (κ2) is 6.21. The molecule has 5 heteroatoms. The molecule has 1 aromatic heterocycles. The van der Waals surface area contributed by atoms with Crippen molar-refractivity contribution in [1.29, 1.82) is 0 Å². The summed E-state index contributed by atoms with van der Waals surface area (Å²) >= 11 is 0. The van der Waals surface area contributed by atoms with Crippen LogP contribution in [-0.2, 0) is 19.1 Å². The Hall–Kier alpha value is -2.30. The highest BCUT2D eigenvalue weighted by Gasteiger charge is 2.56. The number of hydrogen-bond acceptors (Lipinski definition) is 2. The van der Waals surface area contributed by atoms with Crippen molar-refractivity contribution in [2.24, 2.45) is 13.0 Å². The molecule has 0 bridgehead atoms. The van der Waals surface area contributed by atoms with Crippen LogP contribution in [0.4, 0.5) is 4.79 Å². The first-order valence-electron chi connectivity index (χ1n) is 9.21. The normalized spacial score (nSPS) is 25.2. The Morgan fingerprint density at radius 2 is 2.12 bits per heavy atom. The molecule has 1 N–H and O–H groups in total. The van der Waals surface area contributed by atoms with E-state index in [4.69, 9.17) is 0 Å². The van der Waals surface area contributed by atoms with Gasteiger partial charge >= 0.3 is 6.03 Å². The predicted octanol–water partition coefficient (Wildman–Crippen LogP) is 3.34. The molecule has 132 valence electrons. The van der Waals surface area contributed by atoms with E-state index in [1.165, 1.54) is 24.8 Å². The number of urea groups is 1. The summed E-state index contributed by atoms with van der Waals surface area (Å²) in [5.74, 6) is 0.592. The molecule has 0 radical (unpaired) electrons. The van der Waals surface area contributed by atoms with Gasteiger partial charge < -0.3 is 10.2 Å². The van der Waals surface area contributed by atoms with E-state index in [2.05, 4.69) is 39.6 Å². The van der Waals surface area contributed by atoms with Gasteiger partial charge in [0.1, 0.15) is 0 Å². The number of benzene rings is 1. The van der Waals surface area contributed by atoms with E-state index in [0.29, 0.717) is 12.5 Å². The van der Waals surface area contributed by atoms with E-state index >= 15 is 0 Å². The Kier molecular flexibility index (Phi) is 4.02. The molecule has 1 aliphatic heterocycles. The Morgan fingerprint density at radius 1 is 1.32 bits per heavy atom. The van der Waals surface area contributed by atoms with Crippen LogP contribution in [0.1, 0.15) is 42.5 Å². The van der Waals surface area contributed by atoms with Gasteiger partial charge in [-0.25, -0.2) is 4.79 Å². The number of likely N-dealkylation sites (tertiary alicyclic amines) is 1. The molecular formula is C20H26N4O. The number of amides is 2. The van der Waals surface area contributed by atoms with Crippen LogP contribution in [-0.4, -0.2) is 27.3 Å². The lowest BCUT2D eigenvalue weighted by Gasteiger charge is -2.61. The molecule has 1 saturated carbocycles. The van der Waals surface area contributed by atoms with Crippen molar-refractivity contribution in [2.75, 3.05) is 6.54 Å². The zero-order valence-corrected chi connectivity index (χ0v) is 15.0. The third kappa shape index (κ3) is 2.53. The molecular weight excluding hydrogens is 312 g/mol. The molecule has 1 aromatic carbocycles. The maximum Gasteiger partial charge on any atom is 0.318 e. The summed E-state index contributed by atoms with van der Waals surface area (Å²) in [4.78, 5) is 15.0. The standard InChI is InChI=1S/C20H26N4O/c1-15-16(13-22-23(15)2)12-21-19(25)24-14-18-10-6-7-11-20(18,24)17-8-4-3-5-9-17/h3-5,8-9,13,18H,6-7,10-12,14H2,1-2H3,(H,21,25)/t18-,20-/m1/s1. The number of carbonyl (C=O) groups excluding carboxylic acids is 1. The summed E-state index contributed by atoms with van der Waals surface area (Å²) < 4.78 is 1.84. The summed E-state index contributed by atoms with van der Waals surface area (Å²) in [5, 5.41) is 7.37. The van der Waals surface area contributed by atoms with E-state index in [9.17, 15) is 4.79 Å². The number of fused-ring (bicyclic) bond motifs is 1. The maximum absolute atomic E-state index is 12.9. The fourth-order valence-corrected chi connectivity index (χ4v) is 4.61. The largest absolute Gasteiger partial charge is 0.334 e. The highest BCUT2D eigenvalue weighted by molar-refractivity contribution is 5.77. The van der Waals surface area contributed by atoms with Crippen molar-refractivity contribution >= 4 is 6.03 Å². The molecule has 1 aliphatic carbocycles. The lowest BCUT2D eigenvalue weighted by molar-refractivity contribution is -0.0794. The number of hydrogen-bond donors (Lipinski definition) is 1. The fourth-order valence-electron chi connectivity index (χ4n) is 4.61. The van der Waals surface area contributed by atoms with Crippen LogP contribution < -0.4 is 5.32 Å². The number of aryl methyl sites for hydroxylation is 1. The molecule has 2 aliphatic rings. The van der Waals surface area contributed by atoms with Crippen LogP contribution in [0.5, 0.6) is 0 Å². The Labute approximate surface area is 149 Å². The summed E-state index contributed by atoms with van der Waals surface area (Å²) in [6.07, 6.45) is 6.60. The molecule has 1 saturated heterocycles. The average Bonchev–Trinajstić information content (AvgIpc) is 2.94. The topological polar surface area (TPSA) is 50.2 Å². The molecule has 5 nitrogen and oxygen atoms in total. The van der Waals surface area contributed by atoms with Crippen LogP contribution >= 0.6 is 0 Å². The predicted molar refractivity (Wildman–Crippen MR) is 97.0 cm³/mol. The molecule has 4 rings (SSSR count). The minimum Gasteiger partial charge on any atom is -0.334 e. The molecule has 0 unspecified atom stereocenters. The van der Waals surface area contributed by atoms with Crippen LogP contribution in [0.3, 0.4) is 0 Å². The number of nitrogens with one attached hydrogen (secondary N) is 1. The van der Waals surface area contributed by atoms with Crippen LogP contribution in [0.15, 0.2) is 36.5 Å². The van der Waals surface area contributed by atoms with Crippen molar-refractivity contribution < 1.29 is 4.79 Å². The van der Waals surface area contributed by atoms with Gasteiger partial charge in [-0.05, 0) is 25.3 Å². The van der Waals surface area contributed by atoms with Gasteiger partial charge in [0.15, 0.2) is 0 Å². The fraction of sp³-hybridized carbons (Fsp3) is 0.500. The third-order valence-electron chi connectivity index (χ3n) is 6.21. The minimum absolute atomic E-state index is 0.0465. The third-order valence-corrected chi connectivity index (χ3v) is 6.21. The highest BCUT2D eigenvalue weighted by Crippen LogP contribution is 2.53. The van der Waals surface area contributed by atoms with E-state index in [1.54, 1.807) is 0 Å². The van der Waals surface area contributed by atoms with Gasteiger partial charge in [0.25, 0.3) is 0 Å². The first-order chi connectivity index (χ1) is 12.1. The number of nitrogens with zero attached hydrogens (tertiary/aromatic N) is 3. The van der Waals surface area contributed by atoms with Crippen molar-refractivity contribution in [3.63, 3.8) is 0 Å². The summed E-state index contributed by atoms with van der Waals surface area (Å²) in [6, 6.07) is 10.6. The summed E-state index contributed by atoms with van der Waals surface area (Å²) in [7, 11) is 1.92. The van der Waals surface area contributed by atoms with E-state index < -0.39 is 0 Å². The minimum atomic E-state index is -0.104. The first-order valence-corrected chi connectivity index (χ1v) is 9.21. The summed E-state index contributed by atoms with van der Waals surface area (Å²) in [6.45, 7) is 3.43. The van der Waals surface area contributed by atoms with Gasteiger partial charge in [0.2, 0.25) is 0 Å². The quantitative estimate of drug-likeness (QED) is 0.933. The van der Waals surface area contributed by atoms with E-state index in [-0.39, 0.29) is 11.6 Å². The molecule has 2 amide bonds. The van der Waals surface area contributed by atoms with E-state index in [1.807, 2.05) is 30.9 Å². The average molecular weight is 338 g/mol. The maximum atomic E-state index is 12.9. The van der Waals surface area contributed by atoms with Crippen LogP contribution in [0, 0.1) is 12.8 Å². The lowest BCUT2D eigenvalue weighted by Crippen LogP contribution is -2.69. The zero-order chi connectivity index (χ0) is 17.4. The molecule has 2 heterocycles. The van der Waals surface area contributed by atoms with Gasteiger partial charge in [-0.2, -0.15) is 5.10 Å². The molecule has 0 spiro atoms. The van der Waals surface area contributed by atoms with Crippen molar-refractivity contribution in [3.05, 3.63) is 53.3 Å². The number of carbonyl (C=O) groups is 1. The van der Waals surface area contributed by atoms with Gasteiger partial charge in [-0.3, -0.25) is 4.68 Å². The second-order valence-electron chi connectivity index (χ2n) is 7.38. The Morgan fingerprint density at radius 3 is 2.80 bits per heavy atom. The van der Waals surface area contributed by atoms with Crippen molar-refractivity contribution in [1.82, 2.24) is 20.0 Å². The second-order valence-corrected chi connectivity index (χ2v) is 7.38. The monoisotopic (exact) mass is 338 g/mol. The Balaban J connectivity index is 1.53. The van der Waals surface area contributed by atoms with E-state index in [0.717, 1.165) is 24.2 Å². The smallest absolute Gasteiger partial charge is 0.318 e. The van der Waals surface area contributed by atoms with Gasteiger partial charge in [-0.1, -0.05) is 43.2 Å². The summed E-state index contributed by atoms with van der Waals surface area (Å²) in [5.41, 5.74) is 3.36. The number of rotatable bonds is 3. The van der Waals surface area contributed by atoms with Gasteiger partial charge in [0, 0.05) is 37.3 Å². The van der Waals surface area contributed by atoms with Crippen molar-refractivity contribution in [2.45, 2.75) is 44.7 Å². The zero-order valence-electron chi connectivity index (χ0n) is 15.0. The van der Waals surface area contributed by atoms with Gasteiger partial charge in [0.05, 0.1) is 11.7 Å². The lowest BCUT2D eigenvalue weighted by atomic mass is 9.62. The van der Waals surface area contributed by atoms with Crippen LogP contribution in [0.2, 0.25) is 0 Å². The van der Waals surface area contributed by atoms with Crippen LogP contribution in [0.25, 0.3) is 0 Å². The highest BCUT2D eigenvalue weighted by atomic mass is 16.2. The molecule has 2 aromatic rings. The first kappa shape index (κ1) is 16.2. The van der Waals surface area contributed by atoms with Gasteiger partial charge in [-0.15, -0.1) is 0 Å². The Bertz CT molecular complexity index is 769. The van der Waals surface area contributed by atoms with Crippen molar-refractivity contribution in [3.8, 4) is 0 Å².